The van der Waals surface area contributed by atoms with Gasteiger partial charge < -0.3 is 10.0 Å². The molecule has 3 heteroatoms. The molecular formula is C10H21NO2. The highest BCUT2D eigenvalue weighted by atomic mass is 16.3. The summed E-state index contributed by atoms with van der Waals surface area (Å²) in [5.41, 5.74) is 0. The van der Waals surface area contributed by atoms with Crippen molar-refractivity contribution in [1.82, 2.24) is 4.90 Å². The third kappa shape index (κ3) is 6.58. The number of carbonyl (C=O) groups excluding carboxylic acids is 1. The van der Waals surface area contributed by atoms with Crippen LogP contribution in [0.15, 0.2) is 0 Å². The Bertz CT molecular complexity index is 128. The summed E-state index contributed by atoms with van der Waals surface area (Å²) in [6, 6.07) is 0. The second kappa shape index (κ2) is 8.05. The van der Waals surface area contributed by atoms with Gasteiger partial charge in [-0.1, -0.05) is 32.6 Å². The third-order valence-electron chi connectivity index (χ3n) is 2.20. The lowest BCUT2D eigenvalue weighted by Gasteiger charge is -2.18. The monoisotopic (exact) mass is 187 g/mol. The zero-order chi connectivity index (χ0) is 10.1. The number of hydrogen-bond donors (Lipinski definition) is 1. The molecule has 0 aliphatic carbocycles. The van der Waals surface area contributed by atoms with Crippen LogP contribution in [0.25, 0.3) is 0 Å². The fourth-order valence-corrected chi connectivity index (χ4v) is 1.20. The van der Waals surface area contributed by atoms with Gasteiger partial charge in [0.15, 0.2) is 0 Å². The molecule has 1 N–H and O–H groups in total. The van der Waals surface area contributed by atoms with E-state index in [1.54, 1.807) is 7.05 Å². The second-order valence-electron chi connectivity index (χ2n) is 3.45. The van der Waals surface area contributed by atoms with E-state index in [1.807, 2.05) is 0 Å². The molecular weight excluding hydrogens is 166 g/mol. The van der Waals surface area contributed by atoms with Crippen LogP contribution in [0, 0.1) is 0 Å². The molecule has 0 aromatic carbocycles. The highest BCUT2D eigenvalue weighted by Gasteiger charge is 2.06. The average molecular weight is 187 g/mol. The third-order valence-corrected chi connectivity index (χ3v) is 2.20. The largest absolute Gasteiger partial charge is 0.374 e. The standard InChI is InChI=1S/C10H21NO2/c1-3-4-5-6-7-8-10(13)11(2)9-12/h9-10,13H,3-8H2,1-2H3. The predicted molar refractivity (Wildman–Crippen MR) is 53.2 cm³/mol. The lowest BCUT2D eigenvalue weighted by Crippen LogP contribution is -2.29. The van der Waals surface area contributed by atoms with Crippen LogP contribution in [0.5, 0.6) is 0 Å². The predicted octanol–water partition coefficient (Wildman–Crippen LogP) is 1.75. The Kier molecular flexibility index (Phi) is 7.69. The minimum atomic E-state index is -0.598. The minimum Gasteiger partial charge on any atom is -0.374 e. The summed E-state index contributed by atoms with van der Waals surface area (Å²) in [7, 11) is 1.60. The van der Waals surface area contributed by atoms with Crippen LogP contribution in [0.1, 0.15) is 45.4 Å². The van der Waals surface area contributed by atoms with E-state index in [-0.39, 0.29) is 0 Å². The van der Waals surface area contributed by atoms with Gasteiger partial charge in [-0.15, -0.1) is 0 Å². The average Bonchev–Trinajstić information content (AvgIpc) is 2.16. The molecule has 13 heavy (non-hydrogen) atoms. The van der Waals surface area contributed by atoms with Crippen molar-refractivity contribution >= 4 is 6.41 Å². The van der Waals surface area contributed by atoms with Crippen molar-refractivity contribution in [2.45, 2.75) is 51.7 Å². The topological polar surface area (TPSA) is 40.5 Å². The SMILES string of the molecule is CCCCCCCC(O)N(C)C=O. The fraction of sp³-hybridized carbons (Fsp3) is 0.900. The molecule has 0 bridgehead atoms. The Labute approximate surface area is 80.7 Å². The van der Waals surface area contributed by atoms with E-state index in [2.05, 4.69) is 6.92 Å². The first-order valence-electron chi connectivity index (χ1n) is 5.07. The molecule has 1 amide bonds. The summed E-state index contributed by atoms with van der Waals surface area (Å²) >= 11 is 0. The molecule has 0 radical (unpaired) electrons. The Morgan fingerprint density at radius 1 is 1.31 bits per heavy atom. The molecule has 0 aromatic heterocycles. The number of aliphatic hydroxyl groups excluding tert-OH is 1. The van der Waals surface area contributed by atoms with Crippen LogP contribution in [-0.4, -0.2) is 29.7 Å². The molecule has 0 aromatic rings. The van der Waals surface area contributed by atoms with Crippen molar-refractivity contribution in [3.63, 3.8) is 0 Å². The van der Waals surface area contributed by atoms with Crippen molar-refractivity contribution in [2.24, 2.45) is 0 Å². The molecule has 0 aliphatic heterocycles. The molecule has 0 aliphatic rings. The fourth-order valence-electron chi connectivity index (χ4n) is 1.20. The minimum absolute atomic E-state index is 0.598. The number of amides is 1. The summed E-state index contributed by atoms with van der Waals surface area (Å²) in [6.45, 7) is 2.18. The number of nitrogens with zero attached hydrogens (tertiary/aromatic N) is 1. The second-order valence-corrected chi connectivity index (χ2v) is 3.45. The van der Waals surface area contributed by atoms with Crippen molar-refractivity contribution in [3.8, 4) is 0 Å². The molecule has 1 unspecified atom stereocenters. The Hall–Kier alpha value is -0.570. The van der Waals surface area contributed by atoms with Crippen molar-refractivity contribution < 1.29 is 9.90 Å². The van der Waals surface area contributed by atoms with Crippen molar-refractivity contribution in [1.29, 1.82) is 0 Å². The number of aliphatic hydroxyl groups is 1. The number of unbranched alkanes of at least 4 members (excludes halogenated alkanes) is 4. The van der Waals surface area contributed by atoms with Crippen molar-refractivity contribution in [2.75, 3.05) is 7.05 Å². The van der Waals surface area contributed by atoms with E-state index >= 15 is 0 Å². The Morgan fingerprint density at radius 2 is 1.92 bits per heavy atom. The van der Waals surface area contributed by atoms with Gasteiger partial charge in [0, 0.05) is 7.05 Å². The summed E-state index contributed by atoms with van der Waals surface area (Å²) in [5, 5.41) is 9.37. The summed E-state index contributed by atoms with van der Waals surface area (Å²) in [5.74, 6) is 0. The summed E-state index contributed by atoms with van der Waals surface area (Å²) in [6.07, 6.45) is 6.64. The van der Waals surface area contributed by atoms with E-state index < -0.39 is 6.23 Å². The first-order valence-corrected chi connectivity index (χ1v) is 5.07. The smallest absolute Gasteiger partial charge is 0.211 e. The van der Waals surface area contributed by atoms with E-state index in [4.69, 9.17) is 0 Å². The van der Waals surface area contributed by atoms with E-state index in [0.717, 1.165) is 12.8 Å². The lowest BCUT2D eigenvalue weighted by molar-refractivity contribution is -0.125. The summed E-state index contributed by atoms with van der Waals surface area (Å²) < 4.78 is 0. The molecule has 0 saturated heterocycles. The number of hydrogen-bond acceptors (Lipinski definition) is 2. The number of carbonyl (C=O) groups is 1. The highest BCUT2D eigenvalue weighted by Crippen LogP contribution is 2.07. The van der Waals surface area contributed by atoms with E-state index in [1.165, 1.54) is 24.2 Å². The van der Waals surface area contributed by atoms with Crippen LogP contribution in [0.4, 0.5) is 0 Å². The molecule has 0 fully saturated rings. The summed E-state index contributed by atoms with van der Waals surface area (Å²) in [4.78, 5) is 11.6. The van der Waals surface area contributed by atoms with Gasteiger partial charge in [0.05, 0.1) is 0 Å². The quantitative estimate of drug-likeness (QED) is 0.357. The van der Waals surface area contributed by atoms with E-state index in [9.17, 15) is 9.90 Å². The first kappa shape index (κ1) is 12.4. The molecule has 0 rings (SSSR count). The molecule has 1 atom stereocenters. The van der Waals surface area contributed by atoms with Gasteiger partial charge in [0.2, 0.25) is 6.41 Å². The molecule has 78 valence electrons. The van der Waals surface area contributed by atoms with Crippen LogP contribution >= 0.6 is 0 Å². The van der Waals surface area contributed by atoms with Gasteiger partial charge in [-0.2, -0.15) is 0 Å². The van der Waals surface area contributed by atoms with Crippen LogP contribution in [0.3, 0.4) is 0 Å². The maximum absolute atomic E-state index is 10.2. The maximum atomic E-state index is 10.2. The zero-order valence-electron chi connectivity index (χ0n) is 8.70. The van der Waals surface area contributed by atoms with Gasteiger partial charge in [0.25, 0.3) is 0 Å². The molecule has 0 heterocycles. The van der Waals surface area contributed by atoms with Crippen molar-refractivity contribution in [3.05, 3.63) is 0 Å². The lowest BCUT2D eigenvalue weighted by atomic mass is 10.1. The first-order chi connectivity index (χ1) is 6.22. The van der Waals surface area contributed by atoms with Gasteiger partial charge in [-0.05, 0) is 12.8 Å². The zero-order valence-corrected chi connectivity index (χ0v) is 8.70. The molecule has 0 saturated carbocycles. The maximum Gasteiger partial charge on any atom is 0.211 e. The van der Waals surface area contributed by atoms with Crippen LogP contribution in [-0.2, 0) is 4.79 Å². The Morgan fingerprint density at radius 3 is 2.46 bits per heavy atom. The van der Waals surface area contributed by atoms with Crippen LogP contribution in [0.2, 0.25) is 0 Å². The Balaban J connectivity index is 3.26. The highest BCUT2D eigenvalue weighted by molar-refractivity contribution is 5.46. The normalized spacial score (nSPS) is 12.5. The van der Waals surface area contributed by atoms with Gasteiger partial charge in [-0.25, -0.2) is 0 Å². The van der Waals surface area contributed by atoms with Gasteiger partial charge >= 0.3 is 0 Å². The van der Waals surface area contributed by atoms with Gasteiger partial charge in [-0.3, -0.25) is 4.79 Å². The molecule has 0 spiro atoms. The van der Waals surface area contributed by atoms with E-state index in [0.29, 0.717) is 12.8 Å². The number of rotatable bonds is 8. The van der Waals surface area contributed by atoms with Gasteiger partial charge in [0.1, 0.15) is 6.23 Å². The molecule has 3 nitrogen and oxygen atoms in total. The van der Waals surface area contributed by atoms with Crippen LogP contribution < -0.4 is 0 Å².